The number of non-ortho nitro benzene ring substituents is 1. The molecule has 0 radical (unpaired) electrons. The van der Waals surface area contributed by atoms with Crippen LogP contribution in [-0.2, 0) is 0 Å². The second kappa shape index (κ2) is 11.2. The first kappa shape index (κ1) is 27.1. The van der Waals surface area contributed by atoms with Crippen LogP contribution < -0.4 is 9.64 Å². The standard InChI is InChI=1S/C27H18N4O9/c1-16(32)17-6-10-19(11-7-17)29(20-12-8-18(9-13-20)27(33)34)23-4-2-3-5-25(23)40-26-22(28-35)14-21(30(36)37)15-24(26)31(38)39/h2-15H,1H3,(H,33,34). The molecule has 0 amide bonds. The number of hydrogen-bond acceptors (Lipinski definition) is 10. The van der Waals surface area contributed by atoms with Gasteiger partial charge >= 0.3 is 11.7 Å². The highest BCUT2D eigenvalue weighted by Crippen LogP contribution is 2.47. The molecule has 0 aliphatic rings. The predicted octanol–water partition coefficient (Wildman–Crippen LogP) is 7.06. The summed E-state index contributed by atoms with van der Waals surface area (Å²) in [5.74, 6) is -1.90. The SMILES string of the molecule is CC(=O)c1ccc(N(c2ccc(C(=O)O)cc2)c2ccccc2Oc2c(N=O)cc([N+](=O)[O-])cc2[N+](=O)[O-])cc1. The first-order chi connectivity index (χ1) is 19.1. The Morgan fingerprint density at radius 2 is 1.43 bits per heavy atom. The Hall–Kier alpha value is -5.98. The molecular weight excluding hydrogens is 524 g/mol. The number of nitro benzene ring substituents is 2. The number of para-hydroxylation sites is 2. The zero-order chi connectivity index (χ0) is 29.0. The van der Waals surface area contributed by atoms with Crippen LogP contribution in [0.3, 0.4) is 0 Å². The number of rotatable bonds is 10. The summed E-state index contributed by atoms with van der Waals surface area (Å²) >= 11 is 0. The van der Waals surface area contributed by atoms with Gasteiger partial charge in [0.05, 0.1) is 27.2 Å². The Kier molecular flexibility index (Phi) is 7.57. The van der Waals surface area contributed by atoms with E-state index in [1.807, 2.05) is 0 Å². The van der Waals surface area contributed by atoms with Crippen molar-refractivity contribution in [3.63, 3.8) is 0 Å². The number of carboxylic acid groups (broad SMARTS) is 1. The maximum absolute atomic E-state index is 11.8. The molecule has 0 aliphatic heterocycles. The number of nitroso groups, excluding NO2 is 1. The van der Waals surface area contributed by atoms with Gasteiger partial charge in [-0.2, -0.15) is 0 Å². The summed E-state index contributed by atoms with van der Waals surface area (Å²) in [7, 11) is 0. The number of benzene rings is 4. The van der Waals surface area contributed by atoms with E-state index in [9.17, 15) is 39.8 Å². The van der Waals surface area contributed by atoms with Gasteiger partial charge in [0.25, 0.3) is 5.69 Å². The summed E-state index contributed by atoms with van der Waals surface area (Å²) < 4.78 is 5.86. The minimum atomic E-state index is -1.13. The lowest BCUT2D eigenvalue weighted by molar-refractivity contribution is -0.394. The van der Waals surface area contributed by atoms with Crippen molar-refractivity contribution in [2.24, 2.45) is 5.18 Å². The second-order valence-electron chi connectivity index (χ2n) is 8.28. The summed E-state index contributed by atoms with van der Waals surface area (Å²) in [6.45, 7) is 1.41. The lowest BCUT2D eigenvalue weighted by atomic mass is 10.1. The van der Waals surface area contributed by atoms with Gasteiger partial charge in [0, 0.05) is 23.0 Å². The van der Waals surface area contributed by atoms with E-state index < -0.39 is 38.6 Å². The predicted molar refractivity (Wildman–Crippen MR) is 143 cm³/mol. The number of carbonyl (C=O) groups is 2. The van der Waals surface area contributed by atoms with Crippen molar-refractivity contribution in [2.75, 3.05) is 4.90 Å². The van der Waals surface area contributed by atoms with E-state index in [2.05, 4.69) is 5.18 Å². The van der Waals surface area contributed by atoms with Crippen molar-refractivity contribution >= 4 is 45.9 Å². The number of ketones is 1. The lowest BCUT2D eigenvalue weighted by Gasteiger charge is -2.27. The first-order valence-electron chi connectivity index (χ1n) is 11.4. The minimum Gasteiger partial charge on any atom is -0.478 e. The number of Topliss-reactive ketones (excluding diaryl/α,β-unsaturated/α-hetero) is 1. The summed E-state index contributed by atoms with van der Waals surface area (Å²) in [5.41, 5.74) is -0.473. The highest BCUT2D eigenvalue weighted by Gasteiger charge is 2.28. The lowest BCUT2D eigenvalue weighted by Crippen LogP contribution is -2.12. The Labute approximate surface area is 225 Å². The van der Waals surface area contributed by atoms with Gasteiger partial charge in [0.2, 0.25) is 5.75 Å². The van der Waals surface area contributed by atoms with Crippen molar-refractivity contribution in [3.05, 3.63) is 121 Å². The number of nitrogens with zero attached hydrogens (tertiary/aromatic N) is 4. The van der Waals surface area contributed by atoms with Crippen LogP contribution in [-0.4, -0.2) is 26.7 Å². The van der Waals surface area contributed by atoms with Crippen LogP contribution in [0.2, 0.25) is 0 Å². The number of carbonyl (C=O) groups excluding carboxylic acids is 1. The fraction of sp³-hybridized carbons (Fsp3) is 0.0370. The summed E-state index contributed by atoms with van der Waals surface area (Å²) in [5, 5.41) is 35.0. The summed E-state index contributed by atoms with van der Waals surface area (Å²) in [4.78, 5) is 57.6. The largest absolute Gasteiger partial charge is 0.478 e. The van der Waals surface area contributed by atoms with Crippen LogP contribution in [0.1, 0.15) is 27.6 Å². The summed E-state index contributed by atoms with van der Waals surface area (Å²) in [6.07, 6.45) is 0. The van der Waals surface area contributed by atoms with E-state index in [4.69, 9.17) is 4.74 Å². The molecule has 0 fully saturated rings. The maximum atomic E-state index is 11.8. The third-order valence-corrected chi connectivity index (χ3v) is 5.76. The molecule has 4 aromatic rings. The Bertz CT molecular complexity index is 1590. The molecule has 0 atom stereocenters. The zero-order valence-electron chi connectivity index (χ0n) is 20.6. The average Bonchev–Trinajstić information content (AvgIpc) is 2.94. The van der Waals surface area contributed by atoms with Gasteiger partial charge in [0.1, 0.15) is 0 Å². The number of carboxylic acids is 1. The molecular formula is C27H18N4O9. The van der Waals surface area contributed by atoms with E-state index in [-0.39, 0.29) is 17.1 Å². The van der Waals surface area contributed by atoms with Crippen LogP contribution in [0, 0.1) is 25.1 Å². The van der Waals surface area contributed by atoms with E-state index in [0.29, 0.717) is 28.7 Å². The highest BCUT2D eigenvalue weighted by atomic mass is 16.6. The van der Waals surface area contributed by atoms with E-state index in [0.717, 1.165) is 6.07 Å². The van der Waals surface area contributed by atoms with Gasteiger partial charge in [-0.05, 0) is 72.8 Å². The van der Waals surface area contributed by atoms with E-state index >= 15 is 0 Å². The van der Waals surface area contributed by atoms with Crippen molar-refractivity contribution in [3.8, 4) is 11.5 Å². The molecule has 200 valence electrons. The second-order valence-corrected chi connectivity index (χ2v) is 8.28. The quantitative estimate of drug-likeness (QED) is 0.0941. The molecule has 0 heterocycles. The monoisotopic (exact) mass is 542 g/mol. The zero-order valence-corrected chi connectivity index (χ0v) is 20.6. The molecule has 13 heteroatoms. The summed E-state index contributed by atoms with van der Waals surface area (Å²) in [6, 6.07) is 20.0. The molecule has 0 bridgehead atoms. The van der Waals surface area contributed by atoms with Crippen molar-refractivity contribution in [2.45, 2.75) is 6.92 Å². The molecule has 4 rings (SSSR count). The molecule has 0 spiro atoms. The van der Waals surface area contributed by atoms with Gasteiger partial charge in [-0.15, -0.1) is 4.91 Å². The number of hydrogen-bond donors (Lipinski definition) is 1. The van der Waals surface area contributed by atoms with E-state index in [1.54, 1.807) is 47.4 Å². The molecule has 40 heavy (non-hydrogen) atoms. The molecule has 0 unspecified atom stereocenters. The van der Waals surface area contributed by atoms with Crippen molar-refractivity contribution in [1.82, 2.24) is 0 Å². The van der Waals surface area contributed by atoms with Gasteiger partial charge in [-0.3, -0.25) is 25.0 Å². The van der Waals surface area contributed by atoms with Crippen LogP contribution >= 0.6 is 0 Å². The Morgan fingerprint density at radius 3 is 1.93 bits per heavy atom. The van der Waals surface area contributed by atoms with Crippen LogP contribution in [0.25, 0.3) is 0 Å². The minimum absolute atomic E-state index is 0.00214. The number of aromatic carboxylic acids is 1. The van der Waals surface area contributed by atoms with Crippen LogP contribution in [0.4, 0.5) is 34.1 Å². The van der Waals surface area contributed by atoms with Gasteiger partial charge in [-0.25, -0.2) is 4.79 Å². The van der Waals surface area contributed by atoms with Crippen LogP contribution in [0.5, 0.6) is 11.5 Å². The molecule has 0 saturated heterocycles. The fourth-order valence-corrected chi connectivity index (χ4v) is 3.86. The van der Waals surface area contributed by atoms with Gasteiger partial charge in [0.15, 0.2) is 17.2 Å². The van der Waals surface area contributed by atoms with E-state index in [1.165, 1.54) is 37.3 Å². The smallest absolute Gasteiger partial charge is 0.335 e. The first-order valence-corrected chi connectivity index (χ1v) is 11.4. The van der Waals surface area contributed by atoms with Gasteiger partial charge in [-0.1, -0.05) is 12.1 Å². The average molecular weight is 542 g/mol. The van der Waals surface area contributed by atoms with Crippen molar-refractivity contribution < 1.29 is 29.3 Å². The highest BCUT2D eigenvalue weighted by molar-refractivity contribution is 5.95. The maximum Gasteiger partial charge on any atom is 0.335 e. The van der Waals surface area contributed by atoms with Crippen molar-refractivity contribution in [1.29, 1.82) is 0 Å². The number of nitro groups is 2. The molecule has 4 aromatic carbocycles. The van der Waals surface area contributed by atoms with Gasteiger partial charge < -0.3 is 14.7 Å². The molecule has 0 aliphatic carbocycles. The third-order valence-electron chi connectivity index (χ3n) is 5.76. The molecule has 0 saturated carbocycles. The third kappa shape index (κ3) is 5.47. The van der Waals surface area contributed by atoms with Crippen LogP contribution in [0.15, 0.2) is 90.1 Å². The Morgan fingerprint density at radius 1 is 0.850 bits per heavy atom. The fourth-order valence-electron chi connectivity index (χ4n) is 3.86. The number of ether oxygens (including phenoxy) is 1. The molecule has 0 aromatic heterocycles. The Balaban J connectivity index is 1.91. The molecule has 13 nitrogen and oxygen atoms in total. The number of anilines is 3. The molecule has 1 N–H and O–H groups in total. The topological polar surface area (TPSA) is 183 Å². The normalized spacial score (nSPS) is 10.4.